The van der Waals surface area contributed by atoms with E-state index in [1.807, 2.05) is 7.05 Å². The number of likely N-dealkylation sites (tertiary alicyclic amines) is 1. The molecular weight excluding hydrogens is 254 g/mol. The molecule has 1 heterocycles. The highest BCUT2D eigenvalue weighted by Gasteiger charge is 2.24. The molecule has 1 fully saturated rings. The Balaban J connectivity index is 2.11. The van der Waals surface area contributed by atoms with Gasteiger partial charge in [0.1, 0.15) is 0 Å². The summed E-state index contributed by atoms with van der Waals surface area (Å²) in [5.74, 6) is 1.65. The van der Waals surface area contributed by atoms with Gasteiger partial charge in [0.25, 0.3) is 0 Å². The molecule has 0 aromatic carbocycles. The fourth-order valence-electron chi connectivity index (χ4n) is 2.45. The van der Waals surface area contributed by atoms with Gasteiger partial charge < -0.3 is 19.7 Å². The summed E-state index contributed by atoms with van der Waals surface area (Å²) in [6.07, 6.45) is 4.57. The van der Waals surface area contributed by atoms with Gasteiger partial charge in [0, 0.05) is 52.9 Å². The van der Waals surface area contributed by atoms with Gasteiger partial charge in [-0.05, 0) is 19.3 Å². The van der Waals surface area contributed by atoms with Gasteiger partial charge in [-0.1, -0.05) is 13.3 Å². The lowest BCUT2D eigenvalue weighted by Gasteiger charge is -2.21. The van der Waals surface area contributed by atoms with Crippen molar-refractivity contribution in [2.24, 2.45) is 10.9 Å². The molecule has 0 aromatic heterocycles. The van der Waals surface area contributed by atoms with E-state index in [1.54, 1.807) is 7.11 Å². The number of unbranched alkanes of at least 4 members (excludes halogenated alkanes) is 1. The zero-order chi connectivity index (χ0) is 14.6. The molecule has 118 valence electrons. The third-order valence-corrected chi connectivity index (χ3v) is 3.59. The number of hydrogen-bond acceptors (Lipinski definition) is 3. The van der Waals surface area contributed by atoms with Gasteiger partial charge >= 0.3 is 0 Å². The predicted octanol–water partition coefficient (Wildman–Crippen LogP) is 1.74. The van der Waals surface area contributed by atoms with Crippen LogP contribution in [0.3, 0.4) is 0 Å². The lowest BCUT2D eigenvalue weighted by Crippen LogP contribution is -2.40. The van der Waals surface area contributed by atoms with Crippen LogP contribution in [0.25, 0.3) is 0 Å². The maximum absolute atomic E-state index is 5.55. The Bertz CT molecular complexity index is 272. The molecule has 1 N–H and O–H groups in total. The van der Waals surface area contributed by atoms with Crippen molar-refractivity contribution < 1.29 is 9.47 Å². The summed E-state index contributed by atoms with van der Waals surface area (Å²) in [4.78, 5) is 6.68. The largest absolute Gasteiger partial charge is 0.384 e. The molecule has 0 radical (unpaired) electrons. The molecule has 1 atom stereocenters. The maximum Gasteiger partial charge on any atom is 0.193 e. The minimum atomic E-state index is 0.635. The van der Waals surface area contributed by atoms with Crippen LogP contribution in [0.1, 0.15) is 32.6 Å². The normalized spacial score (nSPS) is 19.6. The summed E-state index contributed by atoms with van der Waals surface area (Å²) in [7, 11) is 3.62. The molecule has 5 heteroatoms. The molecule has 0 spiro atoms. The quantitative estimate of drug-likeness (QED) is 0.398. The van der Waals surface area contributed by atoms with Gasteiger partial charge in [-0.25, -0.2) is 0 Å². The van der Waals surface area contributed by atoms with Crippen LogP contribution in [0.15, 0.2) is 4.99 Å². The van der Waals surface area contributed by atoms with Crippen molar-refractivity contribution >= 4 is 5.96 Å². The second-order valence-corrected chi connectivity index (χ2v) is 5.35. The van der Waals surface area contributed by atoms with E-state index >= 15 is 0 Å². The number of nitrogens with zero attached hydrogens (tertiary/aromatic N) is 2. The molecular formula is C15H31N3O2. The Morgan fingerprint density at radius 3 is 2.85 bits per heavy atom. The van der Waals surface area contributed by atoms with E-state index in [0.717, 1.165) is 58.3 Å². The number of nitrogens with one attached hydrogen (secondary N) is 1. The van der Waals surface area contributed by atoms with Gasteiger partial charge in [-0.2, -0.15) is 0 Å². The van der Waals surface area contributed by atoms with E-state index in [9.17, 15) is 0 Å². The SMILES string of the molecule is CCCCOCCCNC(=NC)N1CCC(COC)C1. The topological polar surface area (TPSA) is 46.1 Å². The second kappa shape index (κ2) is 10.9. The molecule has 0 amide bonds. The van der Waals surface area contributed by atoms with Crippen LogP contribution >= 0.6 is 0 Å². The van der Waals surface area contributed by atoms with Crippen molar-refractivity contribution in [3.63, 3.8) is 0 Å². The molecule has 0 saturated carbocycles. The van der Waals surface area contributed by atoms with Gasteiger partial charge in [-0.3, -0.25) is 4.99 Å². The van der Waals surface area contributed by atoms with Gasteiger partial charge in [0.05, 0.1) is 6.61 Å². The lowest BCUT2D eigenvalue weighted by atomic mass is 10.1. The van der Waals surface area contributed by atoms with Crippen molar-refractivity contribution in [3.05, 3.63) is 0 Å². The molecule has 1 unspecified atom stereocenters. The van der Waals surface area contributed by atoms with Crippen molar-refractivity contribution in [1.82, 2.24) is 10.2 Å². The summed E-state index contributed by atoms with van der Waals surface area (Å²) >= 11 is 0. The van der Waals surface area contributed by atoms with Crippen LogP contribution in [0.4, 0.5) is 0 Å². The van der Waals surface area contributed by atoms with Crippen molar-refractivity contribution in [1.29, 1.82) is 0 Å². The molecule has 1 aliphatic heterocycles. The highest BCUT2D eigenvalue weighted by atomic mass is 16.5. The molecule has 1 saturated heterocycles. The molecule has 1 aliphatic rings. The van der Waals surface area contributed by atoms with E-state index in [-0.39, 0.29) is 0 Å². The van der Waals surface area contributed by atoms with E-state index in [4.69, 9.17) is 9.47 Å². The second-order valence-electron chi connectivity index (χ2n) is 5.35. The first-order valence-electron chi connectivity index (χ1n) is 7.84. The highest BCUT2D eigenvalue weighted by Crippen LogP contribution is 2.16. The van der Waals surface area contributed by atoms with E-state index in [0.29, 0.717) is 5.92 Å². The van der Waals surface area contributed by atoms with Gasteiger partial charge in [0.2, 0.25) is 0 Å². The van der Waals surface area contributed by atoms with Crippen LogP contribution in [-0.4, -0.2) is 64.5 Å². The molecule has 0 bridgehead atoms. The van der Waals surface area contributed by atoms with Crippen LogP contribution < -0.4 is 5.32 Å². The third-order valence-electron chi connectivity index (χ3n) is 3.59. The van der Waals surface area contributed by atoms with E-state index in [1.165, 1.54) is 12.8 Å². The zero-order valence-electron chi connectivity index (χ0n) is 13.4. The molecule has 0 aliphatic carbocycles. The number of methoxy groups -OCH3 is 1. The van der Waals surface area contributed by atoms with Crippen molar-refractivity contribution in [2.75, 3.05) is 53.6 Å². The zero-order valence-corrected chi connectivity index (χ0v) is 13.4. The summed E-state index contributed by atoms with van der Waals surface area (Å²) in [5, 5.41) is 3.42. The Morgan fingerprint density at radius 1 is 1.35 bits per heavy atom. The number of rotatable bonds is 9. The highest BCUT2D eigenvalue weighted by molar-refractivity contribution is 5.80. The summed E-state index contributed by atoms with van der Waals surface area (Å²) in [6, 6.07) is 0. The van der Waals surface area contributed by atoms with Crippen LogP contribution in [0.5, 0.6) is 0 Å². The first kappa shape index (κ1) is 17.2. The first-order chi connectivity index (χ1) is 9.81. The number of hydrogen-bond donors (Lipinski definition) is 1. The standard InChI is InChI=1S/C15H31N3O2/c1-4-5-10-20-11-6-8-17-15(16-2)18-9-7-14(12-18)13-19-3/h14H,4-13H2,1-3H3,(H,16,17). The lowest BCUT2D eigenvalue weighted by molar-refractivity contribution is 0.129. The van der Waals surface area contributed by atoms with E-state index in [2.05, 4.69) is 22.1 Å². The fraction of sp³-hybridized carbons (Fsp3) is 0.933. The first-order valence-corrected chi connectivity index (χ1v) is 7.84. The van der Waals surface area contributed by atoms with Crippen LogP contribution in [-0.2, 0) is 9.47 Å². The fourth-order valence-corrected chi connectivity index (χ4v) is 2.45. The Kier molecular flexibility index (Phi) is 9.41. The van der Waals surface area contributed by atoms with Crippen LogP contribution in [0.2, 0.25) is 0 Å². The summed E-state index contributed by atoms with van der Waals surface area (Å²) in [5.41, 5.74) is 0. The van der Waals surface area contributed by atoms with Crippen molar-refractivity contribution in [3.8, 4) is 0 Å². The monoisotopic (exact) mass is 285 g/mol. The Hall–Kier alpha value is -0.810. The molecule has 0 aromatic rings. The summed E-state index contributed by atoms with van der Waals surface area (Å²) in [6.45, 7) is 7.78. The number of guanidine groups is 1. The average molecular weight is 285 g/mol. The maximum atomic E-state index is 5.55. The van der Waals surface area contributed by atoms with E-state index < -0.39 is 0 Å². The third kappa shape index (κ3) is 6.57. The van der Waals surface area contributed by atoms with Gasteiger partial charge in [0.15, 0.2) is 5.96 Å². The number of aliphatic imine (C=N–C) groups is 1. The minimum Gasteiger partial charge on any atom is -0.384 e. The Morgan fingerprint density at radius 2 is 2.15 bits per heavy atom. The van der Waals surface area contributed by atoms with Gasteiger partial charge in [-0.15, -0.1) is 0 Å². The smallest absolute Gasteiger partial charge is 0.193 e. The summed E-state index contributed by atoms with van der Waals surface area (Å²) < 4.78 is 10.8. The minimum absolute atomic E-state index is 0.635. The molecule has 20 heavy (non-hydrogen) atoms. The van der Waals surface area contributed by atoms with Crippen LogP contribution in [0, 0.1) is 5.92 Å². The average Bonchev–Trinajstić information content (AvgIpc) is 2.91. The predicted molar refractivity (Wildman–Crippen MR) is 83.3 cm³/mol. The molecule has 5 nitrogen and oxygen atoms in total. The van der Waals surface area contributed by atoms with Crippen molar-refractivity contribution in [2.45, 2.75) is 32.6 Å². The Labute approximate surface area is 123 Å². The number of ether oxygens (including phenoxy) is 2. The molecule has 1 rings (SSSR count).